The van der Waals surface area contributed by atoms with Crippen molar-refractivity contribution < 1.29 is 20.1 Å². The van der Waals surface area contributed by atoms with Gasteiger partial charge in [0.05, 0.1) is 6.61 Å². The standard InChI is InChI=1S/C11H14N2O6/c1-2-11(18)8(16)6(5-14)19-9(11)13-4-3-7(15)12-10(13)17/h2-4,6,8-9,14,16,18H,1,5H2,(H,12,15,17)/t6-,8-,9+,11-/m1/s1. The van der Waals surface area contributed by atoms with Crippen molar-refractivity contribution in [2.24, 2.45) is 0 Å². The summed E-state index contributed by atoms with van der Waals surface area (Å²) in [5.41, 5.74) is -3.35. The lowest BCUT2D eigenvalue weighted by Crippen LogP contribution is -2.47. The van der Waals surface area contributed by atoms with Crippen LogP contribution >= 0.6 is 0 Å². The zero-order chi connectivity index (χ0) is 14.2. The molecule has 1 saturated heterocycles. The Bertz CT molecular complexity index is 593. The molecule has 0 saturated carbocycles. The number of nitrogens with one attached hydrogen (secondary N) is 1. The molecule has 104 valence electrons. The van der Waals surface area contributed by atoms with Gasteiger partial charge in [-0.3, -0.25) is 14.3 Å². The first-order chi connectivity index (χ1) is 8.93. The summed E-state index contributed by atoms with van der Waals surface area (Å²) >= 11 is 0. The fourth-order valence-electron chi connectivity index (χ4n) is 2.06. The third-order valence-corrected chi connectivity index (χ3v) is 3.14. The lowest BCUT2D eigenvalue weighted by atomic mass is 9.94. The molecule has 1 aliphatic rings. The van der Waals surface area contributed by atoms with Crippen LogP contribution in [0.3, 0.4) is 0 Å². The van der Waals surface area contributed by atoms with Gasteiger partial charge in [0.15, 0.2) is 11.8 Å². The molecule has 0 bridgehead atoms. The number of aliphatic hydroxyl groups is 3. The van der Waals surface area contributed by atoms with Gasteiger partial charge in [0, 0.05) is 12.3 Å². The summed E-state index contributed by atoms with van der Waals surface area (Å²) in [6, 6.07) is 1.08. The van der Waals surface area contributed by atoms with Crippen molar-refractivity contribution in [1.82, 2.24) is 9.55 Å². The Labute approximate surface area is 107 Å². The minimum atomic E-state index is -1.95. The molecule has 1 fully saturated rings. The lowest BCUT2D eigenvalue weighted by Gasteiger charge is -2.28. The van der Waals surface area contributed by atoms with Gasteiger partial charge in [0.25, 0.3) is 5.56 Å². The van der Waals surface area contributed by atoms with E-state index >= 15 is 0 Å². The van der Waals surface area contributed by atoms with Gasteiger partial charge in [-0.1, -0.05) is 12.7 Å². The van der Waals surface area contributed by atoms with E-state index in [4.69, 9.17) is 9.84 Å². The van der Waals surface area contributed by atoms with E-state index in [1.54, 1.807) is 0 Å². The van der Waals surface area contributed by atoms with Gasteiger partial charge >= 0.3 is 5.69 Å². The molecular formula is C11H14N2O6. The summed E-state index contributed by atoms with van der Waals surface area (Å²) in [5.74, 6) is 0. The fraction of sp³-hybridized carbons (Fsp3) is 0.455. The van der Waals surface area contributed by atoms with Crippen molar-refractivity contribution in [2.75, 3.05) is 6.61 Å². The number of aliphatic hydroxyl groups excluding tert-OH is 2. The third kappa shape index (κ3) is 2.04. The first kappa shape index (κ1) is 13.7. The van der Waals surface area contributed by atoms with Crippen molar-refractivity contribution in [3.8, 4) is 0 Å². The Hall–Kier alpha value is -1.74. The number of aromatic nitrogens is 2. The topological polar surface area (TPSA) is 125 Å². The quantitative estimate of drug-likeness (QED) is 0.458. The molecule has 19 heavy (non-hydrogen) atoms. The fourth-order valence-corrected chi connectivity index (χ4v) is 2.06. The molecule has 0 aromatic carbocycles. The summed E-state index contributed by atoms with van der Waals surface area (Å²) in [5, 5.41) is 29.3. The molecule has 0 aliphatic carbocycles. The van der Waals surface area contributed by atoms with Crippen molar-refractivity contribution in [1.29, 1.82) is 0 Å². The first-order valence-electron chi connectivity index (χ1n) is 5.56. The van der Waals surface area contributed by atoms with Gasteiger partial charge in [0.1, 0.15) is 12.2 Å². The van der Waals surface area contributed by atoms with Gasteiger partial charge in [-0.05, 0) is 0 Å². The van der Waals surface area contributed by atoms with Crippen LogP contribution in [-0.2, 0) is 4.74 Å². The van der Waals surface area contributed by atoms with Crippen molar-refractivity contribution >= 4 is 0 Å². The van der Waals surface area contributed by atoms with E-state index in [2.05, 4.69) is 6.58 Å². The molecule has 0 radical (unpaired) electrons. The molecule has 2 rings (SSSR count). The summed E-state index contributed by atoms with van der Waals surface area (Å²) < 4.78 is 6.17. The Morgan fingerprint density at radius 1 is 1.58 bits per heavy atom. The first-order valence-corrected chi connectivity index (χ1v) is 5.56. The van der Waals surface area contributed by atoms with Crippen LogP contribution in [0.1, 0.15) is 6.23 Å². The highest BCUT2D eigenvalue weighted by Gasteiger charge is 2.54. The van der Waals surface area contributed by atoms with E-state index in [-0.39, 0.29) is 0 Å². The summed E-state index contributed by atoms with van der Waals surface area (Å²) in [6.07, 6.45) is -1.63. The number of rotatable bonds is 3. The lowest BCUT2D eigenvalue weighted by molar-refractivity contribution is -0.0813. The van der Waals surface area contributed by atoms with Gasteiger partial charge in [0.2, 0.25) is 0 Å². The van der Waals surface area contributed by atoms with Crippen LogP contribution in [0.25, 0.3) is 0 Å². The van der Waals surface area contributed by atoms with Crippen LogP contribution in [-0.4, -0.2) is 49.3 Å². The van der Waals surface area contributed by atoms with Crippen LogP contribution in [0.5, 0.6) is 0 Å². The number of aromatic amines is 1. The average molecular weight is 270 g/mol. The second-order valence-electron chi connectivity index (χ2n) is 4.26. The number of hydrogen-bond acceptors (Lipinski definition) is 6. The number of nitrogens with zero attached hydrogens (tertiary/aromatic N) is 1. The SMILES string of the molecule is C=C[C@@]1(O)[C@H](O)[C@@H](CO)O[C@@H]1n1ccc(=O)[nH]c1=O. The van der Waals surface area contributed by atoms with E-state index in [0.29, 0.717) is 0 Å². The van der Waals surface area contributed by atoms with E-state index in [1.807, 2.05) is 4.98 Å². The van der Waals surface area contributed by atoms with E-state index in [9.17, 15) is 19.8 Å². The molecule has 8 nitrogen and oxygen atoms in total. The monoisotopic (exact) mass is 270 g/mol. The van der Waals surface area contributed by atoms with Crippen LogP contribution in [0.2, 0.25) is 0 Å². The average Bonchev–Trinajstić information content (AvgIpc) is 2.63. The molecular weight excluding hydrogens is 256 g/mol. The molecule has 1 aliphatic heterocycles. The highest BCUT2D eigenvalue weighted by molar-refractivity contribution is 5.12. The normalized spacial score (nSPS) is 34.4. The zero-order valence-electron chi connectivity index (χ0n) is 9.89. The van der Waals surface area contributed by atoms with Gasteiger partial charge in [-0.15, -0.1) is 0 Å². The molecule has 1 aromatic heterocycles. The summed E-state index contributed by atoms with van der Waals surface area (Å²) in [7, 11) is 0. The maximum Gasteiger partial charge on any atom is 0.330 e. The second-order valence-corrected chi connectivity index (χ2v) is 4.26. The second kappa shape index (κ2) is 4.74. The highest BCUT2D eigenvalue weighted by atomic mass is 16.6. The smallest absolute Gasteiger partial charge is 0.330 e. The number of hydrogen-bond donors (Lipinski definition) is 4. The summed E-state index contributed by atoms with van der Waals surface area (Å²) in [6.45, 7) is 2.86. The molecule has 4 N–H and O–H groups in total. The number of H-pyrrole nitrogens is 1. The predicted octanol–water partition coefficient (Wildman–Crippen LogP) is -2.30. The Balaban J connectivity index is 2.51. The molecule has 0 amide bonds. The number of ether oxygens (including phenoxy) is 1. The highest BCUT2D eigenvalue weighted by Crippen LogP contribution is 2.38. The molecule has 0 unspecified atom stereocenters. The summed E-state index contributed by atoms with van der Waals surface area (Å²) in [4.78, 5) is 24.7. The molecule has 1 aromatic rings. The predicted molar refractivity (Wildman–Crippen MR) is 63.5 cm³/mol. The van der Waals surface area contributed by atoms with E-state index < -0.39 is 41.9 Å². The maximum absolute atomic E-state index is 11.7. The third-order valence-electron chi connectivity index (χ3n) is 3.14. The zero-order valence-corrected chi connectivity index (χ0v) is 9.89. The minimum Gasteiger partial charge on any atom is -0.394 e. The molecule has 4 atom stereocenters. The molecule has 8 heteroatoms. The molecule has 2 heterocycles. The molecule has 0 spiro atoms. The Morgan fingerprint density at radius 3 is 2.79 bits per heavy atom. The van der Waals surface area contributed by atoms with E-state index in [0.717, 1.165) is 22.9 Å². The van der Waals surface area contributed by atoms with Gasteiger partial charge in [-0.25, -0.2) is 4.79 Å². The Kier molecular flexibility index (Phi) is 3.42. The van der Waals surface area contributed by atoms with Crippen molar-refractivity contribution in [3.05, 3.63) is 45.8 Å². The van der Waals surface area contributed by atoms with Gasteiger partial charge < -0.3 is 20.1 Å². The van der Waals surface area contributed by atoms with Crippen molar-refractivity contribution in [3.63, 3.8) is 0 Å². The van der Waals surface area contributed by atoms with Gasteiger partial charge in [-0.2, -0.15) is 0 Å². The van der Waals surface area contributed by atoms with E-state index in [1.165, 1.54) is 0 Å². The van der Waals surface area contributed by atoms with Crippen LogP contribution in [0, 0.1) is 0 Å². The van der Waals surface area contributed by atoms with Crippen LogP contribution in [0.4, 0.5) is 0 Å². The minimum absolute atomic E-state index is 0.536. The van der Waals surface area contributed by atoms with Crippen LogP contribution < -0.4 is 11.2 Å². The van der Waals surface area contributed by atoms with Crippen LogP contribution in [0.15, 0.2) is 34.5 Å². The Morgan fingerprint density at radius 2 is 2.26 bits per heavy atom. The van der Waals surface area contributed by atoms with Crippen molar-refractivity contribution in [2.45, 2.75) is 24.0 Å². The largest absolute Gasteiger partial charge is 0.394 e. The maximum atomic E-state index is 11.7.